The maximum absolute atomic E-state index is 13.5. The second-order valence-corrected chi connectivity index (χ2v) is 5.10. The van der Waals surface area contributed by atoms with Crippen molar-refractivity contribution in [3.63, 3.8) is 0 Å². The molecule has 4 nitrogen and oxygen atoms in total. The lowest BCUT2D eigenvalue weighted by atomic mass is 9.91. The van der Waals surface area contributed by atoms with Crippen LogP contribution in [-0.2, 0) is 14.3 Å². The molecule has 2 atom stereocenters. The van der Waals surface area contributed by atoms with Crippen LogP contribution in [0, 0.1) is 12.7 Å². The number of carbonyl (C=O) groups excluding carboxylic acids is 1. The summed E-state index contributed by atoms with van der Waals surface area (Å²) in [5, 5.41) is 3.13. The molecule has 1 aromatic rings. The predicted molar refractivity (Wildman–Crippen MR) is 74.2 cm³/mol. The summed E-state index contributed by atoms with van der Waals surface area (Å²) in [6.07, 6.45) is 0.174. The van der Waals surface area contributed by atoms with Gasteiger partial charge < -0.3 is 14.8 Å². The summed E-state index contributed by atoms with van der Waals surface area (Å²) in [4.78, 5) is 12.3. The number of ether oxygens (including phenoxy) is 2. The SMILES string of the molecule is CCOC(=O)C1(Nc2cc(C)cc(F)c2)CCOC1C. The van der Waals surface area contributed by atoms with Gasteiger partial charge in [0.1, 0.15) is 5.82 Å². The van der Waals surface area contributed by atoms with Crippen molar-refractivity contribution in [1.82, 2.24) is 0 Å². The van der Waals surface area contributed by atoms with Crippen LogP contribution < -0.4 is 5.32 Å². The van der Waals surface area contributed by atoms with Crippen LogP contribution in [-0.4, -0.2) is 30.8 Å². The minimum absolute atomic E-state index is 0.303. The molecule has 1 aliphatic heterocycles. The Kier molecular flexibility index (Phi) is 4.28. The van der Waals surface area contributed by atoms with E-state index in [4.69, 9.17) is 9.47 Å². The summed E-state index contributed by atoms with van der Waals surface area (Å²) in [5.41, 5.74) is 0.405. The number of hydrogen-bond donors (Lipinski definition) is 1. The van der Waals surface area contributed by atoms with E-state index >= 15 is 0 Å². The molecule has 110 valence electrons. The molecule has 5 heteroatoms. The van der Waals surface area contributed by atoms with Crippen LogP contribution in [0.2, 0.25) is 0 Å². The minimum Gasteiger partial charge on any atom is -0.464 e. The van der Waals surface area contributed by atoms with Crippen LogP contribution in [0.5, 0.6) is 0 Å². The number of halogens is 1. The smallest absolute Gasteiger partial charge is 0.334 e. The number of carbonyl (C=O) groups is 1. The average Bonchev–Trinajstić information content (AvgIpc) is 2.71. The zero-order chi connectivity index (χ0) is 14.8. The first kappa shape index (κ1) is 14.8. The van der Waals surface area contributed by atoms with E-state index in [-0.39, 0.29) is 17.9 Å². The first-order valence-corrected chi connectivity index (χ1v) is 6.82. The molecular formula is C15H20FNO3. The lowest BCUT2D eigenvalue weighted by Crippen LogP contribution is -2.52. The van der Waals surface area contributed by atoms with E-state index < -0.39 is 5.54 Å². The minimum atomic E-state index is -0.948. The largest absolute Gasteiger partial charge is 0.464 e. The molecular weight excluding hydrogens is 261 g/mol. The molecule has 0 radical (unpaired) electrons. The number of rotatable bonds is 4. The first-order valence-electron chi connectivity index (χ1n) is 6.82. The number of esters is 1. The lowest BCUT2D eigenvalue weighted by Gasteiger charge is -2.31. The van der Waals surface area contributed by atoms with Gasteiger partial charge in [0.2, 0.25) is 0 Å². The Labute approximate surface area is 118 Å². The monoisotopic (exact) mass is 281 g/mol. The Hall–Kier alpha value is -1.62. The summed E-state index contributed by atoms with van der Waals surface area (Å²) >= 11 is 0. The molecule has 0 aliphatic carbocycles. The van der Waals surface area contributed by atoms with Crippen molar-refractivity contribution in [2.45, 2.75) is 38.8 Å². The summed E-state index contributed by atoms with van der Waals surface area (Å²) in [6, 6.07) is 4.62. The predicted octanol–water partition coefficient (Wildman–Crippen LogP) is 2.66. The zero-order valence-corrected chi connectivity index (χ0v) is 12.0. The second kappa shape index (κ2) is 5.79. The quantitative estimate of drug-likeness (QED) is 0.862. The van der Waals surface area contributed by atoms with Gasteiger partial charge in [-0.15, -0.1) is 0 Å². The number of benzene rings is 1. The fraction of sp³-hybridized carbons (Fsp3) is 0.533. The van der Waals surface area contributed by atoms with E-state index in [0.717, 1.165) is 5.56 Å². The van der Waals surface area contributed by atoms with Crippen molar-refractivity contribution in [1.29, 1.82) is 0 Å². The summed E-state index contributed by atoms with van der Waals surface area (Å²) in [5.74, 6) is -0.690. The van der Waals surface area contributed by atoms with Gasteiger partial charge in [0.05, 0.1) is 12.7 Å². The Morgan fingerprint density at radius 2 is 2.30 bits per heavy atom. The summed E-state index contributed by atoms with van der Waals surface area (Å²) < 4.78 is 24.2. The first-order chi connectivity index (χ1) is 9.48. The van der Waals surface area contributed by atoms with Crippen LogP contribution in [0.3, 0.4) is 0 Å². The highest BCUT2D eigenvalue weighted by Crippen LogP contribution is 2.32. The van der Waals surface area contributed by atoms with E-state index in [2.05, 4.69) is 5.32 Å². The molecule has 1 saturated heterocycles. The Morgan fingerprint density at radius 1 is 1.55 bits per heavy atom. The van der Waals surface area contributed by atoms with Gasteiger partial charge >= 0.3 is 5.97 Å². The highest BCUT2D eigenvalue weighted by atomic mass is 19.1. The average molecular weight is 281 g/mol. The van der Waals surface area contributed by atoms with E-state index in [1.807, 2.05) is 6.92 Å². The van der Waals surface area contributed by atoms with Gasteiger partial charge in [0.15, 0.2) is 5.54 Å². The van der Waals surface area contributed by atoms with Crippen molar-refractivity contribution >= 4 is 11.7 Å². The Balaban J connectivity index is 2.31. The molecule has 1 heterocycles. The van der Waals surface area contributed by atoms with Crippen molar-refractivity contribution in [3.8, 4) is 0 Å². The van der Waals surface area contributed by atoms with Gasteiger partial charge in [-0.3, -0.25) is 0 Å². The summed E-state index contributed by atoms with van der Waals surface area (Å²) in [7, 11) is 0. The highest BCUT2D eigenvalue weighted by molar-refractivity contribution is 5.86. The number of nitrogens with one attached hydrogen (secondary N) is 1. The molecule has 20 heavy (non-hydrogen) atoms. The second-order valence-electron chi connectivity index (χ2n) is 5.10. The summed E-state index contributed by atoms with van der Waals surface area (Å²) in [6.45, 7) is 6.17. The van der Waals surface area contributed by atoms with Gasteiger partial charge in [0.25, 0.3) is 0 Å². The molecule has 1 aliphatic rings. The zero-order valence-electron chi connectivity index (χ0n) is 12.0. The molecule has 0 spiro atoms. The topological polar surface area (TPSA) is 47.6 Å². The maximum atomic E-state index is 13.5. The number of anilines is 1. The van der Waals surface area contributed by atoms with E-state index in [1.165, 1.54) is 12.1 Å². The molecule has 0 aromatic heterocycles. The Morgan fingerprint density at radius 3 is 2.85 bits per heavy atom. The molecule has 1 N–H and O–H groups in total. The number of hydrogen-bond acceptors (Lipinski definition) is 4. The molecule has 1 aromatic carbocycles. The van der Waals surface area contributed by atoms with Crippen LogP contribution in [0.4, 0.5) is 10.1 Å². The third-order valence-electron chi connectivity index (χ3n) is 3.61. The van der Waals surface area contributed by atoms with Crippen molar-refractivity contribution in [3.05, 3.63) is 29.6 Å². The van der Waals surface area contributed by atoms with Crippen LogP contribution in [0.1, 0.15) is 25.8 Å². The third-order valence-corrected chi connectivity index (χ3v) is 3.61. The van der Waals surface area contributed by atoms with Crippen molar-refractivity contribution in [2.75, 3.05) is 18.5 Å². The number of aryl methyl sites for hydroxylation is 1. The maximum Gasteiger partial charge on any atom is 0.334 e. The molecule has 0 bridgehead atoms. The van der Waals surface area contributed by atoms with Gasteiger partial charge in [-0.05, 0) is 44.5 Å². The van der Waals surface area contributed by atoms with Crippen LogP contribution >= 0.6 is 0 Å². The van der Waals surface area contributed by atoms with Gasteiger partial charge in [-0.25, -0.2) is 9.18 Å². The van der Waals surface area contributed by atoms with E-state index in [1.54, 1.807) is 19.9 Å². The molecule has 0 amide bonds. The Bertz CT molecular complexity index is 486. The molecule has 2 unspecified atom stereocenters. The molecule has 0 saturated carbocycles. The highest BCUT2D eigenvalue weighted by Gasteiger charge is 2.49. The van der Waals surface area contributed by atoms with E-state index in [0.29, 0.717) is 25.3 Å². The lowest BCUT2D eigenvalue weighted by molar-refractivity contribution is -0.150. The van der Waals surface area contributed by atoms with Crippen molar-refractivity contribution in [2.24, 2.45) is 0 Å². The normalized spacial score (nSPS) is 25.5. The van der Waals surface area contributed by atoms with Crippen LogP contribution in [0.25, 0.3) is 0 Å². The van der Waals surface area contributed by atoms with E-state index in [9.17, 15) is 9.18 Å². The van der Waals surface area contributed by atoms with Crippen molar-refractivity contribution < 1.29 is 18.7 Å². The van der Waals surface area contributed by atoms with Crippen LogP contribution in [0.15, 0.2) is 18.2 Å². The molecule has 2 rings (SSSR count). The van der Waals surface area contributed by atoms with Gasteiger partial charge in [-0.2, -0.15) is 0 Å². The third kappa shape index (κ3) is 2.77. The molecule has 1 fully saturated rings. The fourth-order valence-corrected chi connectivity index (χ4v) is 2.55. The van der Waals surface area contributed by atoms with Gasteiger partial charge in [0, 0.05) is 18.7 Å². The fourth-order valence-electron chi connectivity index (χ4n) is 2.55. The standard InChI is InChI=1S/C15H20FNO3/c1-4-19-14(18)15(5-6-20-11(15)3)17-13-8-10(2)7-12(16)9-13/h7-9,11,17H,4-6H2,1-3H3. The van der Waals surface area contributed by atoms with Gasteiger partial charge in [-0.1, -0.05) is 0 Å².